The van der Waals surface area contributed by atoms with Crippen molar-refractivity contribution in [1.29, 1.82) is 0 Å². The van der Waals surface area contributed by atoms with Gasteiger partial charge in [0, 0.05) is 18.7 Å². The fourth-order valence-electron chi connectivity index (χ4n) is 2.49. The second-order valence-corrected chi connectivity index (χ2v) is 7.79. The maximum absolute atomic E-state index is 12.2. The molecule has 0 fully saturated rings. The summed E-state index contributed by atoms with van der Waals surface area (Å²) in [5, 5.41) is 2.75. The number of nitrogens with one attached hydrogen (secondary N) is 1. The molecule has 0 atom stereocenters. The molecule has 2 aromatic rings. The number of nitrogens with zero attached hydrogens (tertiary/aromatic N) is 1. The van der Waals surface area contributed by atoms with Crippen LogP contribution in [-0.4, -0.2) is 34.2 Å². The summed E-state index contributed by atoms with van der Waals surface area (Å²) in [6.07, 6.45) is 2.07. The van der Waals surface area contributed by atoms with Gasteiger partial charge in [0.25, 0.3) is 0 Å². The van der Waals surface area contributed by atoms with E-state index in [9.17, 15) is 13.2 Å². The molecule has 1 N–H and O–H groups in total. The summed E-state index contributed by atoms with van der Waals surface area (Å²) >= 11 is 0. The van der Waals surface area contributed by atoms with Gasteiger partial charge in [-0.15, -0.1) is 0 Å². The minimum atomic E-state index is -3.48. The average Bonchev–Trinajstić information content (AvgIpc) is 2.62. The van der Waals surface area contributed by atoms with Crippen molar-refractivity contribution in [3.63, 3.8) is 0 Å². The van der Waals surface area contributed by atoms with E-state index in [-0.39, 0.29) is 18.9 Å². The summed E-state index contributed by atoms with van der Waals surface area (Å²) in [7, 11) is -1.91. The van der Waals surface area contributed by atoms with Crippen LogP contribution in [0.5, 0.6) is 5.75 Å². The number of carbonyl (C=O) groups excluding carboxylic acids is 1. The molecular weight excluding hydrogens is 352 g/mol. The molecule has 2 aromatic carbocycles. The Labute approximate surface area is 154 Å². The fraction of sp³-hybridized carbons (Fsp3) is 0.316. The number of hydrogen-bond acceptors (Lipinski definition) is 4. The zero-order valence-electron chi connectivity index (χ0n) is 15.2. The first kappa shape index (κ1) is 19.8. The first-order valence-corrected chi connectivity index (χ1v) is 10.2. The van der Waals surface area contributed by atoms with Crippen LogP contribution < -0.4 is 14.4 Å². The van der Waals surface area contributed by atoms with Crippen molar-refractivity contribution in [2.75, 3.05) is 29.5 Å². The molecule has 6 nitrogen and oxygen atoms in total. The van der Waals surface area contributed by atoms with Crippen LogP contribution in [0.3, 0.4) is 0 Å². The fourth-order valence-corrected chi connectivity index (χ4v) is 3.41. The highest BCUT2D eigenvalue weighted by molar-refractivity contribution is 7.92. The molecular formula is C19H24N2O4S. The molecule has 0 aliphatic heterocycles. The largest absolute Gasteiger partial charge is 0.497 e. The highest BCUT2D eigenvalue weighted by Crippen LogP contribution is 2.20. The Morgan fingerprint density at radius 1 is 1.08 bits per heavy atom. The number of carbonyl (C=O) groups is 1. The Morgan fingerprint density at radius 3 is 2.19 bits per heavy atom. The maximum Gasteiger partial charge on any atom is 0.232 e. The first-order valence-electron chi connectivity index (χ1n) is 8.34. The Morgan fingerprint density at radius 2 is 1.69 bits per heavy atom. The van der Waals surface area contributed by atoms with Gasteiger partial charge in [-0.25, -0.2) is 8.42 Å². The number of aryl methyl sites for hydroxylation is 1. The minimum absolute atomic E-state index is 0.0502. The van der Waals surface area contributed by atoms with Crippen molar-refractivity contribution in [2.45, 2.75) is 19.8 Å². The maximum atomic E-state index is 12.2. The third-order valence-corrected chi connectivity index (χ3v) is 5.14. The standard InChI is InChI=1S/C19H24N2O4S/c1-4-15-5-9-17(10-6-15)21(26(3,23)24)14-13-19(22)20-16-7-11-18(25-2)12-8-16/h5-12H,4,13-14H2,1-3H3,(H,20,22). The molecule has 0 aliphatic carbocycles. The average molecular weight is 376 g/mol. The van der Waals surface area contributed by atoms with Crippen molar-refractivity contribution >= 4 is 27.3 Å². The highest BCUT2D eigenvalue weighted by atomic mass is 32.2. The number of hydrogen-bond donors (Lipinski definition) is 1. The van der Waals surface area contributed by atoms with E-state index in [2.05, 4.69) is 5.32 Å². The third kappa shape index (κ3) is 5.49. The lowest BCUT2D eigenvalue weighted by Crippen LogP contribution is -2.33. The van der Waals surface area contributed by atoms with Gasteiger partial charge in [0.1, 0.15) is 5.75 Å². The van der Waals surface area contributed by atoms with E-state index in [1.54, 1.807) is 43.5 Å². The molecule has 140 valence electrons. The molecule has 0 radical (unpaired) electrons. The van der Waals surface area contributed by atoms with Crippen molar-refractivity contribution in [3.05, 3.63) is 54.1 Å². The van der Waals surface area contributed by atoms with Crippen molar-refractivity contribution < 1.29 is 17.9 Å². The number of methoxy groups -OCH3 is 1. The van der Waals surface area contributed by atoms with E-state index in [0.29, 0.717) is 17.1 Å². The monoisotopic (exact) mass is 376 g/mol. The molecule has 0 bridgehead atoms. The van der Waals surface area contributed by atoms with Crippen molar-refractivity contribution in [3.8, 4) is 5.75 Å². The van der Waals surface area contributed by atoms with Gasteiger partial charge < -0.3 is 10.1 Å². The lowest BCUT2D eigenvalue weighted by Gasteiger charge is -2.22. The first-order chi connectivity index (χ1) is 12.3. The Kier molecular flexibility index (Phi) is 6.63. The van der Waals surface area contributed by atoms with E-state index in [1.165, 1.54) is 4.31 Å². The molecule has 1 amide bonds. The van der Waals surface area contributed by atoms with Gasteiger partial charge in [-0.2, -0.15) is 0 Å². The summed E-state index contributed by atoms with van der Waals surface area (Å²) in [4.78, 5) is 12.2. The van der Waals surface area contributed by atoms with Crippen LogP contribution in [-0.2, 0) is 21.2 Å². The second kappa shape index (κ2) is 8.71. The molecule has 0 aliphatic rings. The molecule has 2 rings (SSSR count). The van der Waals surface area contributed by atoms with Crippen LogP contribution in [0.25, 0.3) is 0 Å². The number of sulfonamides is 1. The van der Waals surface area contributed by atoms with Gasteiger partial charge in [0.2, 0.25) is 15.9 Å². The van der Waals surface area contributed by atoms with E-state index >= 15 is 0 Å². The van der Waals surface area contributed by atoms with Crippen LogP contribution in [0.15, 0.2) is 48.5 Å². The second-order valence-electron chi connectivity index (χ2n) is 5.88. The van der Waals surface area contributed by atoms with Crippen molar-refractivity contribution in [2.24, 2.45) is 0 Å². The van der Waals surface area contributed by atoms with E-state index in [0.717, 1.165) is 18.2 Å². The van der Waals surface area contributed by atoms with Gasteiger partial charge >= 0.3 is 0 Å². The van der Waals surface area contributed by atoms with Crippen LogP contribution in [0.1, 0.15) is 18.9 Å². The summed E-state index contributed by atoms with van der Waals surface area (Å²) in [6.45, 7) is 2.11. The predicted octanol–water partition coefficient (Wildman–Crippen LogP) is 3.05. The highest BCUT2D eigenvalue weighted by Gasteiger charge is 2.18. The van der Waals surface area contributed by atoms with Crippen LogP contribution in [0, 0.1) is 0 Å². The Balaban J connectivity index is 2.02. The Bertz CT molecular complexity index is 831. The molecule has 0 aromatic heterocycles. The minimum Gasteiger partial charge on any atom is -0.497 e. The number of benzene rings is 2. The van der Waals surface area contributed by atoms with E-state index in [4.69, 9.17) is 4.74 Å². The molecule has 0 heterocycles. The molecule has 0 saturated carbocycles. The zero-order valence-corrected chi connectivity index (χ0v) is 16.0. The molecule has 0 unspecified atom stereocenters. The quantitative estimate of drug-likeness (QED) is 0.768. The van der Waals surface area contributed by atoms with Gasteiger partial charge in [-0.05, 0) is 48.4 Å². The van der Waals surface area contributed by atoms with Crippen LogP contribution in [0.4, 0.5) is 11.4 Å². The predicted molar refractivity (Wildman–Crippen MR) is 104 cm³/mol. The van der Waals surface area contributed by atoms with Gasteiger partial charge in [-0.1, -0.05) is 19.1 Å². The summed E-state index contributed by atoms with van der Waals surface area (Å²) < 4.78 is 30.5. The lowest BCUT2D eigenvalue weighted by molar-refractivity contribution is -0.116. The summed E-state index contributed by atoms with van der Waals surface area (Å²) in [5.41, 5.74) is 2.32. The molecule has 26 heavy (non-hydrogen) atoms. The van der Waals surface area contributed by atoms with Gasteiger partial charge in [-0.3, -0.25) is 9.10 Å². The SMILES string of the molecule is CCc1ccc(N(CCC(=O)Nc2ccc(OC)cc2)S(C)(=O)=O)cc1. The number of amides is 1. The normalized spacial score (nSPS) is 11.0. The molecule has 7 heteroatoms. The number of anilines is 2. The van der Waals surface area contributed by atoms with Crippen LogP contribution >= 0.6 is 0 Å². The topological polar surface area (TPSA) is 75.7 Å². The van der Waals surface area contributed by atoms with Crippen LogP contribution in [0.2, 0.25) is 0 Å². The van der Waals surface area contributed by atoms with Gasteiger partial charge in [0.15, 0.2) is 0 Å². The van der Waals surface area contributed by atoms with E-state index < -0.39 is 10.0 Å². The number of rotatable bonds is 8. The Hall–Kier alpha value is -2.54. The molecule has 0 saturated heterocycles. The number of ether oxygens (including phenoxy) is 1. The summed E-state index contributed by atoms with van der Waals surface area (Å²) in [6, 6.07) is 14.3. The van der Waals surface area contributed by atoms with E-state index in [1.807, 2.05) is 19.1 Å². The third-order valence-electron chi connectivity index (χ3n) is 3.95. The lowest BCUT2D eigenvalue weighted by atomic mass is 10.1. The van der Waals surface area contributed by atoms with Gasteiger partial charge in [0.05, 0.1) is 19.1 Å². The molecule has 0 spiro atoms. The van der Waals surface area contributed by atoms with Crippen molar-refractivity contribution in [1.82, 2.24) is 0 Å². The zero-order chi connectivity index (χ0) is 19.2. The smallest absolute Gasteiger partial charge is 0.232 e. The summed E-state index contributed by atoms with van der Waals surface area (Å²) in [5.74, 6) is 0.441.